The van der Waals surface area contributed by atoms with Crippen molar-refractivity contribution in [3.63, 3.8) is 0 Å². The molecule has 1 atom stereocenters. The van der Waals surface area contributed by atoms with Crippen molar-refractivity contribution in [3.8, 4) is 10.8 Å². The zero-order valence-electron chi connectivity index (χ0n) is 14.5. The summed E-state index contributed by atoms with van der Waals surface area (Å²) in [7, 11) is 0. The molecule has 8 heteroatoms. The smallest absolute Gasteiger partial charge is 0.311 e. The third-order valence-corrected chi connectivity index (χ3v) is 6.14. The third kappa shape index (κ3) is 4.12. The van der Waals surface area contributed by atoms with E-state index in [1.54, 1.807) is 4.90 Å². The van der Waals surface area contributed by atoms with Crippen LogP contribution in [0.25, 0.3) is 10.8 Å². The summed E-state index contributed by atoms with van der Waals surface area (Å²) in [6, 6.07) is 7.52. The van der Waals surface area contributed by atoms with Gasteiger partial charge in [0.15, 0.2) is 0 Å². The summed E-state index contributed by atoms with van der Waals surface area (Å²) in [5.41, 5.74) is 0.578. The monoisotopic (exact) mass is 402 g/mol. The van der Waals surface area contributed by atoms with Crippen LogP contribution in [0.1, 0.15) is 28.2 Å². The summed E-state index contributed by atoms with van der Waals surface area (Å²) in [5.74, 6) is -0.0771. The van der Waals surface area contributed by atoms with Gasteiger partial charge in [-0.3, -0.25) is 9.59 Å². The molecule has 0 aliphatic carbocycles. The predicted octanol–water partition coefficient (Wildman–Crippen LogP) is 4.06. The van der Waals surface area contributed by atoms with E-state index in [1.165, 1.54) is 28.9 Å². The topological polar surface area (TPSA) is 72.6 Å². The molecular formula is C19H18N2O4S2. The highest BCUT2D eigenvalue weighted by Crippen LogP contribution is 2.25. The molecule has 1 saturated heterocycles. The van der Waals surface area contributed by atoms with Gasteiger partial charge >= 0.3 is 5.97 Å². The Balaban J connectivity index is 1.32. The van der Waals surface area contributed by atoms with E-state index in [-0.39, 0.29) is 24.4 Å². The second kappa shape index (κ2) is 8.06. The van der Waals surface area contributed by atoms with Gasteiger partial charge in [0.25, 0.3) is 5.91 Å². The maximum absolute atomic E-state index is 12.5. The number of likely N-dealkylation sites (tertiary alicyclic amines) is 1. The minimum atomic E-state index is -0.300. The number of piperidine rings is 1. The number of hydrogen-bond acceptors (Lipinski definition) is 7. The summed E-state index contributed by atoms with van der Waals surface area (Å²) in [6.45, 7) is 1.14. The first-order valence-electron chi connectivity index (χ1n) is 8.68. The summed E-state index contributed by atoms with van der Waals surface area (Å²) < 4.78 is 10.9. The van der Waals surface area contributed by atoms with Crippen LogP contribution < -0.4 is 0 Å². The normalized spacial score (nSPS) is 17.0. The van der Waals surface area contributed by atoms with Gasteiger partial charge in [-0.15, -0.1) is 22.7 Å². The Kier molecular flexibility index (Phi) is 5.35. The molecule has 3 aromatic rings. The predicted molar refractivity (Wildman–Crippen MR) is 103 cm³/mol. The van der Waals surface area contributed by atoms with Gasteiger partial charge in [-0.05, 0) is 35.7 Å². The number of esters is 1. The molecular weight excluding hydrogens is 384 g/mol. The van der Waals surface area contributed by atoms with Gasteiger partial charge in [0.2, 0.25) is 5.89 Å². The Morgan fingerprint density at radius 3 is 2.89 bits per heavy atom. The lowest BCUT2D eigenvalue weighted by Crippen LogP contribution is -2.42. The highest BCUT2D eigenvalue weighted by atomic mass is 32.1. The molecule has 0 radical (unpaired) electrons. The number of nitrogens with zero attached hydrogens (tertiary/aromatic N) is 2. The van der Waals surface area contributed by atoms with Crippen molar-refractivity contribution < 1.29 is 18.7 Å². The van der Waals surface area contributed by atoms with E-state index in [9.17, 15) is 9.59 Å². The molecule has 0 N–H and O–H groups in total. The summed E-state index contributed by atoms with van der Waals surface area (Å²) >= 11 is 2.96. The van der Waals surface area contributed by atoms with E-state index in [0.717, 1.165) is 17.7 Å². The van der Waals surface area contributed by atoms with Crippen LogP contribution in [0.4, 0.5) is 0 Å². The number of carbonyl (C=O) groups excluding carboxylic acids is 2. The maximum atomic E-state index is 12.5. The maximum Gasteiger partial charge on any atom is 0.311 e. The van der Waals surface area contributed by atoms with Crippen LogP contribution in [0.3, 0.4) is 0 Å². The summed E-state index contributed by atoms with van der Waals surface area (Å²) in [4.78, 5) is 32.7. The van der Waals surface area contributed by atoms with Crippen LogP contribution in [-0.2, 0) is 16.1 Å². The molecule has 0 bridgehead atoms. The fourth-order valence-corrected chi connectivity index (χ4v) is 4.41. The van der Waals surface area contributed by atoms with Crippen molar-refractivity contribution >= 4 is 34.6 Å². The minimum Gasteiger partial charge on any atom is -0.459 e. The van der Waals surface area contributed by atoms with Crippen molar-refractivity contribution in [2.45, 2.75) is 19.4 Å². The first-order chi connectivity index (χ1) is 13.2. The molecule has 140 valence electrons. The van der Waals surface area contributed by atoms with Gasteiger partial charge < -0.3 is 14.1 Å². The Bertz CT molecular complexity index is 902. The highest BCUT2D eigenvalue weighted by Gasteiger charge is 2.30. The van der Waals surface area contributed by atoms with Crippen LogP contribution in [0.15, 0.2) is 45.7 Å². The Morgan fingerprint density at radius 2 is 2.11 bits per heavy atom. The lowest BCUT2D eigenvalue weighted by molar-refractivity contribution is -0.151. The number of carbonyl (C=O) groups is 2. The van der Waals surface area contributed by atoms with Crippen molar-refractivity contribution in [2.24, 2.45) is 5.92 Å². The van der Waals surface area contributed by atoms with E-state index >= 15 is 0 Å². The van der Waals surface area contributed by atoms with E-state index in [2.05, 4.69) is 4.98 Å². The molecule has 1 aliphatic heterocycles. The van der Waals surface area contributed by atoms with Gasteiger partial charge in [-0.1, -0.05) is 12.1 Å². The van der Waals surface area contributed by atoms with E-state index in [1.807, 2.05) is 35.0 Å². The molecule has 6 nitrogen and oxygen atoms in total. The van der Waals surface area contributed by atoms with E-state index < -0.39 is 0 Å². The Morgan fingerprint density at radius 1 is 1.26 bits per heavy atom. The lowest BCUT2D eigenvalue weighted by atomic mass is 9.98. The fourth-order valence-electron chi connectivity index (χ4n) is 3.06. The number of hydrogen-bond donors (Lipinski definition) is 0. The molecule has 1 amide bonds. The Hall–Kier alpha value is -2.45. The SMILES string of the molecule is O=C(OCc1coc(-c2cccs2)n1)C1CCCN(C(=O)c2cccs2)C1. The molecule has 1 unspecified atom stereocenters. The van der Waals surface area contributed by atoms with Crippen LogP contribution >= 0.6 is 22.7 Å². The zero-order valence-corrected chi connectivity index (χ0v) is 16.1. The zero-order chi connectivity index (χ0) is 18.6. The highest BCUT2D eigenvalue weighted by molar-refractivity contribution is 7.13. The van der Waals surface area contributed by atoms with Crippen molar-refractivity contribution in [1.29, 1.82) is 0 Å². The quantitative estimate of drug-likeness (QED) is 0.602. The molecule has 4 heterocycles. The average Bonchev–Trinajstić information content (AvgIpc) is 3.47. The number of aromatic nitrogens is 1. The van der Waals surface area contributed by atoms with E-state index in [4.69, 9.17) is 9.15 Å². The molecule has 27 heavy (non-hydrogen) atoms. The van der Waals surface area contributed by atoms with Gasteiger partial charge in [-0.2, -0.15) is 0 Å². The third-order valence-electron chi connectivity index (χ3n) is 4.42. The Labute approximate surface area is 164 Å². The van der Waals surface area contributed by atoms with Crippen LogP contribution in [-0.4, -0.2) is 34.8 Å². The largest absolute Gasteiger partial charge is 0.459 e. The summed E-state index contributed by atoms with van der Waals surface area (Å²) in [5, 5.41) is 3.83. The lowest BCUT2D eigenvalue weighted by Gasteiger charge is -2.31. The van der Waals surface area contributed by atoms with Crippen molar-refractivity contribution in [1.82, 2.24) is 9.88 Å². The molecule has 0 spiro atoms. The first kappa shape index (κ1) is 17.9. The van der Waals surface area contributed by atoms with Gasteiger partial charge in [0.05, 0.1) is 15.7 Å². The molecule has 1 aliphatic rings. The van der Waals surface area contributed by atoms with E-state index in [0.29, 0.717) is 29.6 Å². The number of ether oxygens (including phenoxy) is 1. The minimum absolute atomic E-state index is 0.0143. The molecule has 4 rings (SSSR count). The standard InChI is InChI=1S/C19H18N2O4S2/c22-18(16-6-3-9-27-16)21-7-1-4-13(10-21)19(23)25-12-14-11-24-17(20-14)15-5-2-8-26-15/h2-3,5-6,8-9,11,13H,1,4,7,10,12H2. The number of thiophene rings is 2. The average molecular weight is 402 g/mol. The first-order valence-corrected chi connectivity index (χ1v) is 10.4. The summed E-state index contributed by atoms with van der Waals surface area (Å²) in [6.07, 6.45) is 3.03. The molecule has 0 aromatic carbocycles. The van der Waals surface area contributed by atoms with Crippen molar-refractivity contribution in [3.05, 3.63) is 51.9 Å². The molecule has 3 aromatic heterocycles. The second-order valence-corrected chi connectivity index (χ2v) is 8.19. The fraction of sp³-hybridized carbons (Fsp3) is 0.316. The number of oxazole rings is 1. The van der Waals surface area contributed by atoms with Gasteiger partial charge in [-0.25, -0.2) is 4.98 Å². The van der Waals surface area contributed by atoms with Crippen LogP contribution in [0, 0.1) is 5.92 Å². The van der Waals surface area contributed by atoms with Gasteiger partial charge in [0, 0.05) is 13.1 Å². The number of rotatable bonds is 5. The second-order valence-electron chi connectivity index (χ2n) is 6.30. The molecule has 0 saturated carbocycles. The van der Waals surface area contributed by atoms with Crippen molar-refractivity contribution in [2.75, 3.05) is 13.1 Å². The molecule has 1 fully saturated rings. The van der Waals surface area contributed by atoms with Gasteiger partial charge in [0.1, 0.15) is 18.6 Å². The van der Waals surface area contributed by atoms with Crippen LogP contribution in [0.5, 0.6) is 0 Å². The number of amides is 1. The van der Waals surface area contributed by atoms with Crippen LogP contribution in [0.2, 0.25) is 0 Å².